The van der Waals surface area contributed by atoms with Crippen LogP contribution in [0.3, 0.4) is 0 Å². The zero-order valence-electron chi connectivity index (χ0n) is 12.2. The van der Waals surface area contributed by atoms with Crippen molar-refractivity contribution < 1.29 is 4.79 Å². The summed E-state index contributed by atoms with van der Waals surface area (Å²) in [7, 11) is 1.85. The second-order valence-corrected chi connectivity index (χ2v) is 5.95. The van der Waals surface area contributed by atoms with Crippen molar-refractivity contribution in [2.24, 2.45) is 11.1 Å². The van der Waals surface area contributed by atoms with E-state index in [0.29, 0.717) is 6.54 Å². The highest BCUT2D eigenvalue weighted by Crippen LogP contribution is 2.20. The maximum Gasteiger partial charge on any atom is 0.231 e. The predicted octanol–water partition coefficient (Wildman–Crippen LogP) is 2.66. The van der Waals surface area contributed by atoms with Crippen LogP contribution in [0, 0.1) is 5.41 Å². The Kier molecular flexibility index (Phi) is 7.09. The van der Waals surface area contributed by atoms with Gasteiger partial charge in [-0.3, -0.25) is 4.79 Å². The molecule has 1 rings (SSSR count). The van der Waals surface area contributed by atoms with Crippen molar-refractivity contribution in [2.45, 2.75) is 26.7 Å². The zero-order valence-corrected chi connectivity index (χ0v) is 13.0. The lowest BCUT2D eigenvalue weighted by molar-refractivity contribution is -0.132. The standard InChI is InChI=1S/C15H24N2O.ClH/c1-15(2,3)11-17(4)14(18)13(10-16)12-8-6-5-7-9-12;/h5-9,13H,10-11,16H2,1-4H3;1H. The van der Waals surface area contributed by atoms with Crippen LogP contribution in [-0.4, -0.2) is 30.9 Å². The molecule has 108 valence electrons. The van der Waals surface area contributed by atoms with E-state index in [0.717, 1.165) is 12.1 Å². The van der Waals surface area contributed by atoms with Crippen molar-refractivity contribution in [2.75, 3.05) is 20.1 Å². The molecular weight excluding hydrogens is 260 g/mol. The Morgan fingerprint density at radius 1 is 1.26 bits per heavy atom. The lowest BCUT2D eigenvalue weighted by Gasteiger charge is -2.29. The van der Waals surface area contributed by atoms with E-state index in [1.54, 1.807) is 4.90 Å². The summed E-state index contributed by atoms with van der Waals surface area (Å²) in [6.07, 6.45) is 0. The number of amides is 1. The number of carbonyl (C=O) groups excluding carboxylic acids is 1. The van der Waals surface area contributed by atoms with Gasteiger partial charge in [0, 0.05) is 20.1 Å². The van der Waals surface area contributed by atoms with Gasteiger partial charge in [0.2, 0.25) is 5.91 Å². The van der Waals surface area contributed by atoms with Gasteiger partial charge in [0.15, 0.2) is 0 Å². The summed E-state index contributed by atoms with van der Waals surface area (Å²) in [4.78, 5) is 14.2. The first-order valence-electron chi connectivity index (χ1n) is 6.35. The van der Waals surface area contributed by atoms with E-state index < -0.39 is 0 Å². The van der Waals surface area contributed by atoms with Crippen molar-refractivity contribution >= 4 is 18.3 Å². The van der Waals surface area contributed by atoms with E-state index in [2.05, 4.69) is 20.8 Å². The molecule has 3 nitrogen and oxygen atoms in total. The van der Waals surface area contributed by atoms with Crippen molar-refractivity contribution in [3.63, 3.8) is 0 Å². The molecule has 0 radical (unpaired) electrons. The summed E-state index contributed by atoms with van der Waals surface area (Å²) < 4.78 is 0. The van der Waals surface area contributed by atoms with Gasteiger partial charge >= 0.3 is 0 Å². The average Bonchev–Trinajstić information content (AvgIpc) is 2.29. The minimum absolute atomic E-state index is 0. The smallest absolute Gasteiger partial charge is 0.231 e. The molecule has 0 spiro atoms. The maximum absolute atomic E-state index is 12.4. The molecule has 1 amide bonds. The third-order valence-corrected chi connectivity index (χ3v) is 2.82. The van der Waals surface area contributed by atoms with Gasteiger partial charge in [-0.1, -0.05) is 51.1 Å². The molecule has 19 heavy (non-hydrogen) atoms. The Morgan fingerprint density at radius 2 is 1.79 bits per heavy atom. The highest BCUT2D eigenvalue weighted by Gasteiger charge is 2.25. The first-order chi connectivity index (χ1) is 8.35. The van der Waals surface area contributed by atoms with Crippen LogP contribution in [0.4, 0.5) is 0 Å². The maximum atomic E-state index is 12.4. The summed E-state index contributed by atoms with van der Waals surface area (Å²) >= 11 is 0. The van der Waals surface area contributed by atoms with Crippen LogP contribution in [0.15, 0.2) is 30.3 Å². The summed E-state index contributed by atoms with van der Waals surface area (Å²) in [6.45, 7) is 7.44. The molecule has 1 aromatic carbocycles. The van der Waals surface area contributed by atoms with E-state index in [4.69, 9.17) is 5.73 Å². The largest absolute Gasteiger partial charge is 0.345 e. The number of hydrogen-bond donors (Lipinski definition) is 1. The number of likely N-dealkylation sites (N-methyl/N-ethyl adjacent to an activating group) is 1. The second-order valence-electron chi connectivity index (χ2n) is 5.95. The Morgan fingerprint density at radius 3 is 2.21 bits per heavy atom. The van der Waals surface area contributed by atoms with E-state index in [1.165, 1.54) is 0 Å². The number of benzene rings is 1. The van der Waals surface area contributed by atoms with E-state index in [-0.39, 0.29) is 29.6 Å². The number of carbonyl (C=O) groups is 1. The molecule has 0 aliphatic carbocycles. The second kappa shape index (κ2) is 7.51. The highest BCUT2D eigenvalue weighted by molar-refractivity contribution is 5.85. The third kappa shape index (κ3) is 5.62. The van der Waals surface area contributed by atoms with Crippen molar-refractivity contribution in [1.29, 1.82) is 0 Å². The molecule has 1 aromatic rings. The Bertz CT molecular complexity index is 387. The van der Waals surface area contributed by atoms with Crippen molar-refractivity contribution in [3.05, 3.63) is 35.9 Å². The monoisotopic (exact) mass is 284 g/mol. The van der Waals surface area contributed by atoms with Gasteiger partial charge in [-0.05, 0) is 11.0 Å². The Hall–Kier alpha value is -1.06. The Balaban J connectivity index is 0.00000324. The molecule has 2 N–H and O–H groups in total. The van der Waals surface area contributed by atoms with Crippen LogP contribution in [0.25, 0.3) is 0 Å². The molecule has 0 aliphatic heterocycles. The summed E-state index contributed by atoms with van der Waals surface area (Å²) in [6, 6.07) is 9.74. The number of hydrogen-bond acceptors (Lipinski definition) is 2. The number of halogens is 1. The lowest BCUT2D eigenvalue weighted by atomic mass is 9.94. The fraction of sp³-hybridized carbons (Fsp3) is 0.533. The molecule has 0 heterocycles. The quantitative estimate of drug-likeness (QED) is 0.924. The van der Waals surface area contributed by atoms with Crippen LogP contribution < -0.4 is 5.73 Å². The topological polar surface area (TPSA) is 46.3 Å². The first kappa shape index (κ1) is 17.9. The molecule has 0 bridgehead atoms. The minimum Gasteiger partial charge on any atom is -0.345 e. The van der Waals surface area contributed by atoms with Crippen molar-refractivity contribution in [1.82, 2.24) is 4.90 Å². The van der Waals surface area contributed by atoms with Gasteiger partial charge in [-0.2, -0.15) is 0 Å². The van der Waals surface area contributed by atoms with Crippen molar-refractivity contribution in [3.8, 4) is 0 Å². The fourth-order valence-corrected chi connectivity index (χ4v) is 2.12. The van der Waals surface area contributed by atoms with E-state index in [1.807, 2.05) is 37.4 Å². The van der Waals surface area contributed by atoms with Crippen LogP contribution in [0.1, 0.15) is 32.3 Å². The molecule has 0 fully saturated rings. The van der Waals surface area contributed by atoms with Gasteiger partial charge in [-0.25, -0.2) is 0 Å². The molecular formula is C15H25ClN2O. The average molecular weight is 285 g/mol. The van der Waals surface area contributed by atoms with Crippen LogP contribution >= 0.6 is 12.4 Å². The van der Waals surface area contributed by atoms with Gasteiger partial charge in [0.25, 0.3) is 0 Å². The predicted molar refractivity (Wildman–Crippen MR) is 82.6 cm³/mol. The normalized spacial score (nSPS) is 12.5. The lowest BCUT2D eigenvalue weighted by Crippen LogP contribution is -2.39. The van der Waals surface area contributed by atoms with E-state index >= 15 is 0 Å². The van der Waals surface area contributed by atoms with Gasteiger partial charge in [0.05, 0.1) is 5.92 Å². The Labute approximate surface area is 122 Å². The SMILES string of the molecule is CN(CC(C)(C)C)C(=O)C(CN)c1ccccc1.Cl. The molecule has 1 unspecified atom stereocenters. The van der Waals surface area contributed by atoms with Gasteiger partial charge in [0.1, 0.15) is 0 Å². The number of nitrogens with zero attached hydrogens (tertiary/aromatic N) is 1. The van der Waals surface area contributed by atoms with E-state index in [9.17, 15) is 4.79 Å². The molecule has 0 saturated heterocycles. The minimum atomic E-state index is -0.237. The zero-order chi connectivity index (χ0) is 13.8. The van der Waals surface area contributed by atoms with Gasteiger partial charge in [-0.15, -0.1) is 12.4 Å². The van der Waals surface area contributed by atoms with Crippen LogP contribution in [0.2, 0.25) is 0 Å². The molecule has 4 heteroatoms. The fourth-order valence-electron chi connectivity index (χ4n) is 2.12. The first-order valence-corrected chi connectivity index (χ1v) is 6.35. The number of rotatable bonds is 4. The molecule has 0 aromatic heterocycles. The highest BCUT2D eigenvalue weighted by atomic mass is 35.5. The van der Waals surface area contributed by atoms with Gasteiger partial charge < -0.3 is 10.6 Å². The third-order valence-electron chi connectivity index (χ3n) is 2.82. The summed E-state index contributed by atoms with van der Waals surface area (Å²) in [5, 5.41) is 0. The van der Waals surface area contributed by atoms with Crippen LogP contribution in [0.5, 0.6) is 0 Å². The molecule has 0 saturated carbocycles. The summed E-state index contributed by atoms with van der Waals surface area (Å²) in [5.41, 5.74) is 6.85. The summed E-state index contributed by atoms with van der Waals surface area (Å²) in [5.74, 6) is -0.142. The molecule has 0 aliphatic rings. The number of nitrogens with two attached hydrogens (primary N) is 1. The molecule has 1 atom stereocenters. The van der Waals surface area contributed by atoms with Crippen LogP contribution in [-0.2, 0) is 4.79 Å².